The smallest absolute Gasteiger partial charge is 0.152 e. The summed E-state index contributed by atoms with van der Waals surface area (Å²) in [5.74, 6) is 1.70. The molecule has 7 nitrogen and oxygen atoms in total. The van der Waals surface area contributed by atoms with E-state index in [-0.39, 0.29) is 12.0 Å². The highest BCUT2D eigenvalue weighted by molar-refractivity contribution is 6.33. The first-order valence-electron chi connectivity index (χ1n) is 9.58. The second kappa shape index (κ2) is 7.65. The fourth-order valence-electron chi connectivity index (χ4n) is 4.07. The molecule has 1 aromatic heterocycles. The molecule has 0 unspecified atom stereocenters. The molecule has 29 heavy (non-hydrogen) atoms. The highest BCUT2D eigenvalue weighted by atomic mass is 35.5. The summed E-state index contributed by atoms with van der Waals surface area (Å²) >= 11 is 6.36. The van der Waals surface area contributed by atoms with E-state index in [9.17, 15) is 5.11 Å². The van der Waals surface area contributed by atoms with Crippen molar-refractivity contribution in [2.24, 2.45) is 5.41 Å². The van der Waals surface area contributed by atoms with E-state index in [0.717, 1.165) is 44.5 Å². The SMILES string of the molecule is CC1=CC2(CCN(c3ncc(-c4cc(N)c(C=N)cc4Cl)nc3CO)CC2)CO1. The Kier molecular flexibility index (Phi) is 5.19. The third-order valence-corrected chi connectivity index (χ3v) is 6.04. The number of aliphatic hydroxyl groups is 1. The van der Waals surface area contributed by atoms with Crippen LogP contribution in [0.1, 0.15) is 31.0 Å². The van der Waals surface area contributed by atoms with Gasteiger partial charge in [-0.25, -0.2) is 9.97 Å². The Balaban J connectivity index is 1.60. The summed E-state index contributed by atoms with van der Waals surface area (Å²) in [4.78, 5) is 11.4. The molecule has 0 atom stereocenters. The predicted octanol–water partition coefficient (Wildman–Crippen LogP) is 3.39. The van der Waals surface area contributed by atoms with Crippen molar-refractivity contribution in [1.82, 2.24) is 9.97 Å². The van der Waals surface area contributed by atoms with Gasteiger partial charge in [0.2, 0.25) is 0 Å². The van der Waals surface area contributed by atoms with E-state index in [1.165, 1.54) is 0 Å². The summed E-state index contributed by atoms with van der Waals surface area (Å²) in [6, 6.07) is 3.32. The standard InChI is InChI=1S/C21H24ClN5O2/c1-13-8-21(12-29-13)2-4-27(5-3-21)20-19(11-28)26-18(10-25-20)15-7-17(24)14(9-23)6-16(15)22/h6-10,23,28H,2-5,11-12,24H2,1H3. The first kappa shape index (κ1) is 19.7. The van der Waals surface area contributed by atoms with Gasteiger partial charge in [0.25, 0.3) is 0 Å². The van der Waals surface area contributed by atoms with Crippen LogP contribution in [0.4, 0.5) is 11.5 Å². The molecular weight excluding hydrogens is 390 g/mol. The van der Waals surface area contributed by atoms with E-state index >= 15 is 0 Å². The fraction of sp³-hybridized carbons (Fsp3) is 0.381. The number of nitrogens with one attached hydrogen (secondary N) is 1. The molecule has 2 aliphatic heterocycles. The van der Waals surface area contributed by atoms with Gasteiger partial charge in [-0.2, -0.15) is 0 Å². The summed E-state index contributed by atoms with van der Waals surface area (Å²) in [5.41, 5.74) is 8.79. The molecule has 1 aromatic carbocycles. The summed E-state index contributed by atoms with van der Waals surface area (Å²) in [6.45, 7) is 4.19. The van der Waals surface area contributed by atoms with Crippen LogP contribution in [0.25, 0.3) is 11.3 Å². The zero-order valence-electron chi connectivity index (χ0n) is 16.3. The molecule has 1 spiro atoms. The minimum Gasteiger partial charge on any atom is -0.498 e. The number of hydrogen-bond donors (Lipinski definition) is 3. The summed E-state index contributed by atoms with van der Waals surface area (Å²) < 4.78 is 5.67. The van der Waals surface area contributed by atoms with Crippen LogP contribution in [0, 0.1) is 10.8 Å². The van der Waals surface area contributed by atoms with Crippen LogP contribution in [-0.4, -0.2) is 41.0 Å². The minimum absolute atomic E-state index is 0.120. The Morgan fingerprint density at radius 2 is 2.14 bits per heavy atom. The second-order valence-corrected chi connectivity index (χ2v) is 8.09. The van der Waals surface area contributed by atoms with Gasteiger partial charge >= 0.3 is 0 Å². The number of halogens is 1. The molecule has 0 aliphatic carbocycles. The lowest BCUT2D eigenvalue weighted by Crippen LogP contribution is -2.41. The summed E-state index contributed by atoms with van der Waals surface area (Å²) in [7, 11) is 0. The second-order valence-electron chi connectivity index (χ2n) is 7.68. The number of nitrogens with zero attached hydrogens (tertiary/aromatic N) is 3. The highest BCUT2D eigenvalue weighted by Crippen LogP contribution is 2.40. The van der Waals surface area contributed by atoms with Crippen LogP contribution < -0.4 is 10.6 Å². The largest absolute Gasteiger partial charge is 0.498 e. The average Bonchev–Trinajstić information content (AvgIpc) is 3.09. The van der Waals surface area contributed by atoms with Crippen molar-refractivity contribution in [3.8, 4) is 11.3 Å². The molecular formula is C21H24ClN5O2. The van der Waals surface area contributed by atoms with Gasteiger partial charge in [0.05, 0.1) is 35.9 Å². The Hall–Kier alpha value is -2.64. The highest BCUT2D eigenvalue weighted by Gasteiger charge is 2.38. The predicted molar refractivity (Wildman–Crippen MR) is 114 cm³/mol. The Labute approximate surface area is 174 Å². The molecule has 1 saturated heterocycles. The molecule has 4 rings (SSSR count). The van der Waals surface area contributed by atoms with E-state index in [4.69, 9.17) is 27.5 Å². The summed E-state index contributed by atoms with van der Waals surface area (Å²) in [5, 5.41) is 17.7. The maximum Gasteiger partial charge on any atom is 0.152 e. The zero-order valence-corrected chi connectivity index (χ0v) is 17.0. The number of nitrogen functional groups attached to an aromatic ring is 1. The van der Waals surface area contributed by atoms with Crippen molar-refractivity contribution in [2.75, 3.05) is 30.3 Å². The molecule has 0 bridgehead atoms. The van der Waals surface area contributed by atoms with Gasteiger partial charge in [0.15, 0.2) is 5.82 Å². The summed E-state index contributed by atoms with van der Waals surface area (Å²) in [6.07, 6.45) is 7.02. The van der Waals surface area contributed by atoms with Crippen LogP contribution in [0.15, 0.2) is 30.2 Å². The minimum atomic E-state index is -0.217. The average molecular weight is 414 g/mol. The topological polar surface area (TPSA) is 108 Å². The lowest BCUT2D eigenvalue weighted by molar-refractivity contribution is 0.145. The van der Waals surface area contributed by atoms with Gasteiger partial charge in [0, 0.05) is 41.5 Å². The maximum atomic E-state index is 9.92. The quantitative estimate of drug-likeness (QED) is 0.523. The van der Waals surface area contributed by atoms with Crippen molar-refractivity contribution in [3.05, 3.63) is 46.4 Å². The number of rotatable bonds is 4. The van der Waals surface area contributed by atoms with Crippen LogP contribution in [-0.2, 0) is 11.3 Å². The van der Waals surface area contributed by atoms with Gasteiger partial charge in [-0.05, 0) is 38.0 Å². The van der Waals surface area contributed by atoms with Crippen molar-refractivity contribution in [3.63, 3.8) is 0 Å². The number of aromatic nitrogens is 2. The van der Waals surface area contributed by atoms with Crippen LogP contribution >= 0.6 is 11.6 Å². The van der Waals surface area contributed by atoms with Crippen molar-refractivity contribution in [2.45, 2.75) is 26.4 Å². The Morgan fingerprint density at radius 3 is 2.76 bits per heavy atom. The van der Waals surface area contributed by atoms with Crippen LogP contribution in [0.3, 0.4) is 0 Å². The van der Waals surface area contributed by atoms with Crippen LogP contribution in [0.5, 0.6) is 0 Å². The lowest BCUT2D eigenvalue weighted by atomic mass is 9.79. The number of ether oxygens (including phenoxy) is 1. The first-order chi connectivity index (χ1) is 13.9. The molecule has 4 N–H and O–H groups in total. The number of aliphatic hydroxyl groups excluding tert-OH is 1. The van der Waals surface area contributed by atoms with E-state index in [1.54, 1.807) is 18.3 Å². The maximum absolute atomic E-state index is 9.92. The van der Waals surface area contributed by atoms with Gasteiger partial charge in [-0.3, -0.25) is 0 Å². The van der Waals surface area contributed by atoms with Gasteiger partial charge < -0.3 is 25.9 Å². The molecule has 1 fully saturated rings. The van der Waals surface area contributed by atoms with E-state index in [2.05, 4.69) is 20.9 Å². The van der Waals surface area contributed by atoms with Gasteiger partial charge in [0.1, 0.15) is 5.69 Å². The van der Waals surface area contributed by atoms with E-state index in [0.29, 0.717) is 39.0 Å². The third kappa shape index (κ3) is 3.68. The van der Waals surface area contributed by atoms with Crippen molar-refractivity contribution < 1.29 is 9.84 Å². The molecule has 8 heteroatoms. The van der Waals surface area contributed by atoms with Crippen molar-refractivity contribution >= 4 is 29.3 Å². The molecule has 3 heterocycles. The molecule has 152 valence electrons. The van der Waals surface area contributed by atoms with Crippen LogP contribution in [0.2, 0.25) is 5.02 Å². The number of nitrogens with two attached hydrogens (primary N) is 1. The fourth-order valence-corrected chi connectivity index (χ4v) is 4.34. The van der Waals surface area contributed by atoms with Gasteiger partial charge in [-0.15, -0.1) is 0 Å². The Bertz CT molecular complexity index is 983. The lowest BCUT2D eigenvalue weighted by Gasteiger charge is -2.38. The molecule has 0 radical (unpaired) electrons. The normalized spacial score (nSPS) is 17.9. The number of allylic oxidation sites excluding steroid dienone is 1. The molecule has 0 amide bonds. The monoisotopic (exact) mass is 413 g/mol. The van der Waals surface area contributed by atoms with Crippen molar-refractivity contribution in [1.29, 1.82) is 5.41 Å². The first-order valence-corrected chi connectivity index (χ1v) is 9.96. The number of benzene rings is 1. The molecule has 2 aliphatic rings. The van der Waals surface area contributed by atoms with E-state index < -0.39 is 0 Å². The number of piperidine rings is 1. The number of anilines is 2. The molecule has 0 saturated carbocycles. The molecule has 2 aromatic rings. The third-order valence-electron chi connectivity index (χ3n) is 5.73. The van der Waals surface area contributed by atoms with Gasteiger partial charge in [-0.1, -0.05) is 11.6 Å². The zero-order chi connectivity index (χ0) is 20.6. The number of hydrogen-bond acceptors (Lipinski definition) is 7. The van der Waals surface area contributed by atoms with E-state index in [1.807, 2.05) is 6.92 Å². The Morgan fingerprint density at radius 1 is 1.38 bits per heavy atom.